The second-order valence-corrected chi connectivity index (χ2v) is 4.92. The molecule has 0 aromatic heterocycles. The van der Waals surface area contributed by atoms with Gasteiger partial charge in [-0.25, -0.2) is 0 Å². The van der Waals surface area contributed by atoms with Gasteiger partial charge in [0.1, 0.15) is 0 Å². The molecule has 0 unspecified atom stereocenters. The number of halogens is 1. The van der Waals surface area contributed by atoms with Crippen LogP contribution in [0.25, 0.3) is 0 Å². The van der Waals surface area contributed by atoms with E-state index in [0.717, 1.165) is 4.47 Å². The highest BCUT2D eigenvalue weighted by atomic mass is 79.9. The van der Waals surface area contributed by atoms with E-state index in [-0.39, 0.29) is 18.9 Å². The largest absolute Gasteiger partial charge is 0.466 e. The molecule has 0 bridgehead atoms. The number of hydrogen-bond donors (Lipinski definition) is 0. The normalized spacial score (nSPS) is 13.7. The monoisotopic (exact) mass is 325 g/mol. The van der Waals surface area contributed by atoms with Crippen LogP contribution in [-0.2, 0) is 14.3 Å². The Bertz CT molecular complexity index is 556. The van der Waals surface area contributed by atoms with E-state index in [0.29, 0.717) is 17.9 Å². The van der Waals surface area contributed by atoms with E-state index in [2.05, 4.69) is 15.9 Å². The molecular formula is C13H12BrNO4. The van der Waals surface area contributed by atoms with Crippen LogP contribution < -0.4 is 4.90 Å². The molecule has 1 aliphatic rings. The van der Waals surface area contributed by atoms with Gasteiger partial charge in [-0.2, -0.15) is 0 Å². The highest BCUT2D eigenvalue weighted by Crippen LogP contribution is 2.31. The highest BCUT2D eigenvalue weighted by molar-refractivity contribution is 9.10. The Labute approximate surface area is 118 Å². The zero-order chi connectivity index (χ0) is 14.0. The molecule has 1 aromatic carbocycles. The van der Waals surface area contributed by atoms with Gasteiger partial charge in [-0.3, -0.25) is 14.4 Å². The third-order valence-corrected chi connectivity index (χ3v) is 3.27. The number of nitrogens with zero attached hydrogens (tertiary/aromatic N) is 1. The lowest BCUT2D eigenvalue weighted by atomic mass is 10.1. The molecule has 5 nitrogen and oxygen atoms in total. The first-order chi connectivity index (χ1) is 9.04. The maximum Gasteiger partial charge on any atom is 0.307 e. The van der Waals surface area contributed by atoms with Crippen LogP contribution in [0, 0.1) is 0 Å². The molecule has 19 heavy (non-hydrogen) atoms. The third-order valence-electron chi connectivity index (χ3n) is 2.78. The number of amides is 1. The molecule has 1 amide bonds. The summed E-state index contributed by atoms with van der Waals surface area (Å²) < 4.78 is 5.58. The highest BCUT2D eigenvalue weighted by Gasteiger charge is 2.35. The molecule has 0 aliphatic carbocycles. The fourth-order valence-corrected chi connectivity index (χ4v) is 2.27. The van der Waals surface area contributed by atoms with Crippen molar-refractivity contribution in [1.29, 1.82) is 0 Å². The average molecular weight is 326 g/mol. The number of benzene rings is 1. The van der Waals surface area contributed by atoms with Gasteiger partial charge >= 0.3 is 5.97 Å². The van der Waals surface area contributed by atoms with Gasteiger partial charge in [0, 0.05) is 11.0 Å². The summed E-state index contributed by atoms with van der Waals surface area (Å²) in [6, 6.07) is 5.01. The van der Waals surface area contributed by atoms with Crippen molar-refractivity contribution in [3.63, 3.8) is 0 Å². The molecule has 1 aromatic rings. The molecule has 0 fully saturated rings. The van der Waals surface area contributed by atoms with Crippen LogP contribution in [0.15, 0.2) is 22.7 Å². The van der Waals surface area contributed by atoms with Gasteiger partial charge < -0.3 is 9.64 Å². The van der Waals surface area contributed by atoms with Gasteiger partial charge in [0.2, 0.25) is 0 Å². The quantitative estimate of drug-likeness (QED) is 0.626. The first kappa shape index (κ1) is 13.7. The van der Waals surface area contributed by atoms with Crippen LogP contribution in [0.1, 0.15) is 23.7 Å². The summed E-state index contributed by atoms with van der Waals surface area (Å²) in [5, 5.41) is 0. The molecular weight excluding hydrogens is 314 g/mol. The molecule has 1 heterocycles. The van der Waals surface area contributed by atoms with Gasteiger partial charge in [0.05, 0.1) is 24.3 Å². The molecule has 0 atom stereocenters. The predicted molar refractivity (Wildman–Crippen MR) is 72.1 cm³/mol. The summed E-state index contributed by atoms with van der Waals surface area (Å²) in [4.78, 5) is 36.3. The first-order valence-electron chi connectivity index (χ1n) is 5.86. The number of Topliss-reactive ketones (excluding diaryl/α,β-unsaturated/α-hetero) is 1. The van der Waals surface area contributed by atoms with E-state index in [9.17, 15) is 14.4 Å². The number of carbonyl (C=O) groups excluding carboxylic acids is 3. The Balaban J connectivity index is 2.18. The molecule has 0 saturated heterocycles. The fraction of sp³-hybridized carbons (Fsp3) is 0.308. The minimum Gasteiger partial charge on any atom is -0.466 e. The minimum absolute atomic E-state index is 0.0683. The van der Waals surface area contributed by atoms with Crippen molar-refractivity contribution in [1.82, 2.24) is 0 Å². The minimum atomic E-state index is -0.600. The van der Waals surface area contributed by atoms with E-state index >= 15 is 0 Å². The molecule has 0 spiro atoms. The number of esters is 1. The van der Waals surface area contributed by atoms with Crippen molar-refractivity contribution >= 4 is 39.3 Å². The number of rotatable bonds is 4. The van der Waals surface area contributed by atoms with E-state index in [1.165, 1.54) is 4.90 Å². The van der Waals surface area contributed by atoms with Crippen LogP contribution >= 0.6 is 15.9 Å². The summed E-state index contributed by atoms with van der Waals surface area (Å²) in [6.07, 6.45) is 0.0683. The molecule has 6 heteroatoms. The van der Waals surface area contributed by atoms with Crippen molar-refractivity contribution in [3.8, 4) is 0 Å². The molecule has 0 saturated carbocycles. The smallest absolute Gasteiger partial charge is 0.307 e. The summed E-state index contributed by atoms with van der Waals surface area (Å²) in [7, 11) is 0. The number of carbonyl (C=O) groups is 3. The van der Waals surface area contributed by atoms with E-state index in [4.69, 9.17) is 4.74 Å². The second-order valence-electron chi connectivity index (χ2n) is 4.00. The number of fused-ring (bicyclic) bond motifs is 1. The summed E-state index contributed by atoms with van der Waals surface area (Å²) in [6.45, 7) is 2.16. The number of ketones is 1. The predicted octanol–water partition coefficient (Wildman–Crippen LogP) is 1.93. The van der Waals surface area contributed by atoms with Crippen LogP contribution in [0.3, 0.4) is 0 Å². The van der Waals surface area contributed by atoms with Crippen molar-refractivity contribution < 1.29 is 19.1 Å². The first-order valence-corrected chi connectivity index (χ1v) is 6.65. The Morgan fingerprint density at radius 1 is 1.37 bits per heavy atom. The summed E-state index contributed by atoms with van der Waals surface area (Å²) in [5.41, 5.74) is 0.908. The SMILES string of the molecule is CCOC(=O)CCN1C(=O)C(=O)c2ccc(Br)cc21. The summed E-state index contributed by atoms with van der Waals surface area (Å²) >= 11 is 3.30. The topological polar surface area (TPSA) is 63.7 Å². The molecule has 100 valence electrons. The Kier molecular flexibility index (Phi) is 3.99. The van der Waals surface area contributed by atoms with Gasteiger partial charge in [-0.05, 0) is 25.1 Å². The molecule has 0 N–H and O–H groups in total. The van der Waals surface area contributed by atoms with Crippen LogP contribution in [0.2, 0.25) is 0 Å². The lowest BCUT2D eigenvalue weighted by Crippen LogP contribution is -2.32. The molecule has 2 rings (SSSR count). The van der Waals surface area contributed by atoms with Crippen LogP contribution in [-0.4, -0.2) is 30.8 Å². The lowest BCUT2D eigenvalue weighted by molar-refractivity contribution is -0.142. The number of anilines is 1. The zero-order valence-corrected chi connectivity index (χ0v) is 11.9. The van der Waals surface area contributed by atoms with Crippen molar-refractivity contribution in [2.75, 3.05) is 18.1 Å². The maximum atomic E-state index is 11.9. The van der Waals surface area contributed by atoms with E-state index < -0.39 is 11.7 Å². The number of ether oxygens (including phenoxy) is 1. The molecule has 1 aliphatic heterocycles. The van der Waals surface area contributed by atoms with E-state index in [1.54, 1.807) is 25.1 Å². The zero-order valence-electron chi connectivity index (χ0n) is 10.3. The maximum absolute atomic E-state index is 11.9. The van der Waals surface area contributed by atoms with Crippen LogP contribution in [0.5, 0.6) is 0 Å². The van der Waals surface area contributed by atoms with Gasteiger partial charge in [0.15, 0.2) is 0 Å². The number of hydrogen-bond acceptors (Lipinski definition) is 4. The molecule has 0 radical (unpaired) electrons. The Morgan fingerprint density at radius 3 is 2.79 bits per heavy atom. The van der Waals surface area contributed by atoms with E-state index in [1.807, 2.05) is 0 Å². The Morgan fingerprint density at radius 2 is 2.11 bits per heavy atom. The average Bonchev–Trinajstić information content (AvgIpc) is 2.60. The summed E-state index contributed by atoms with van der Waals surface area (Å²) in [5.74, 6) is -1.52. The van der Waals surface area contributed by atoms with Crippen molar-refractivity contribution in [2.45, 2.75) is 13.3 Å². The fourth-order valence-electron chi connectivity index (χ4n) is 1.93. The Hall–Kier alpha value is -1.69. The standard InChI is InChI=1S/C13H12BrNO4/c1-2-19-11(16)5-6-15-10-7-8(14)3-4-9(10)12(17)13(15)18/h3-4,7H,2,5-6H2,1H3. The van der Waals surface area contributed by atoms with Gasteiger partial charge in [-0.15, -0.1) is 0 Å². The van der Waals surface area contributed by atoms with Gasteiger partial charge in [0.25, 0.3) is 11.7 Å². The lowest BCUT2D eigenvalue weighted by Gasteiger charge is -2.15. The van der Waals surface area contributed by atoms with Crippen molar-refractivity contribution in [3.05, 3.63) is 28.2 Å². The van der Waals surface area contributed by atoms with Crippen LogP contribution in [0.4, 0.5) is 5.69 Å². The third kappa shape index (κ3) is 2.68. The second kappa shape index (κ2) is 5.52. The van der Waals surface area contributed by atoms with Gasteiger partial charge in [-0.1, -0.05) is 15.9 Å². The van der Waals surface area contributed by atoms with Crippen molar-refractivity contribution in [2.24, 2.45) is 0 Å².